The quantitative estimate of drug-likeness (QED) is 0.408. The highest BCUT2D eigenvalue weighted by Gasteiger charge is 2.12. The molecule has 0 aliphatic rings. The number of carbonyl (C=O) groups is 1. The van der Waals surface area contributed by atoms with Crippen LogP contribution in [-0.2, 0) is 0 Å². The zero-order valence-electron chi connectivity index (χ0n) is 13.6. The Morgan fingerprint density at radius 3 is 2.41 bits per heavy atom. The summed E-state index contributed by atoms with van der Waals surface area (Å²) in [6.45, 7) is 0. The minimum Gasteiger partial charge on any atom is -0.393 e. The molecule has 0 aliphatic carbocycles. The molecule has 5 N–H and O–H groups in total. The average Bonchev–Trinajstić information content (AvgIpc) is 2.62. The molecule has 2 aromatic carbocycles. The summed E-state index contributed by atoms with van der Waals surface area (Å²) in [5.41, 5.74) is 12.6. The van der Waals surface area contributed by atoms with Gasteiger partial charge in [0.25, 0.3) is 5.91 Å². The van der Waals surface area contributed by atoms with Crippen molar-refractivity contribution < 1.29 is 4.79 Å². The lowest BCUT2D eigenvalue weighted by Crippen LogP contribution is -2.30. The molecule has 0 unspecified atom stereocenters. The summed E-state index contributed by atoms with van der Waals surface area (Å²) in [6.07, 6.45) is 1.30. The van der Waals surface area contributed by atoms with Gasteiger partial charge in [-0.1, -0.05) is 35.3 Å². The summed E-state index contributed by atoms with van der Waals surface area (Å²) in [6, 6.07) is 12.0. The van der Waals surface area contributed by atoms with E-state index in [1.807, 2.05) is 6.07 Å². The smallest absolute Gasteiger partial charge is 0.270 e. The zero-order chi connectivity index (χ0) is 19.4. The Hall–Kier alpha value is -2.55. The van der Waals surface area contributed by atoms with Crippen LogP contribution in [0.3, 0.4) is 0 Å². The third-order valence-corrected chi connectivity index (χ3v) is 4.55. The molecule has 1 amide bonds. The van der Waals surface area contributed by atoms with E-state index in [-0.39, 0.29) is 17.4 Å². The molecule has 27 heavy (non-hydrogen) atoms. The Balaban J connectivity index is 1.75. The van der Waals surface area contributed by atoms with Crippen LogP contribution in [0.4, 0.5) is 23.0 Å². The number of nitrogens with two attached hydrogens (primary N) is 1. The molecule has 0 atom stereocenters. The number of nitrogen functional groups attached to an aromatic ring is 1. The van der Waals surface area contributed by atoms with Crippen LogP contribution in [-0.4, -0.2) is 15.9 Å². The monoisotopic (exact) mass is 466 g/mol. The van der Waals surface area contributed by atoms with Crippen molar-refractivity contribution >= 4 is 68.0 Å². The van der Waals surface area contributed by atoms with Crippen molar-refractivity contribution in [3.63, 3.8) is 0 Å². The van der Waals surface area contributed by atoms with Crippen LogP contribution >= 0.6 is 39.1 Å². The molecule has 10 heteroatoms. The van der Waals surface area contributed by atoms with E-state index in [4.69, 9.17) is 28.9 Å². The Kier molecular flexibility index (Phi) is 6.00. The molecule has 0 radical (unpaired) electrons. The topological polar surface area (TPSA) is 105 Å². The normalized spacial score (nSPS) is 10.3. The van der Waals surface area contributed by atoms with Gasteiger partial charge in [0.1, 0.15) is 12.0 Å². The van der Waals surface area contributed by atoms with Crippen molar-refractivity contribution in [3.05, 3.63) is 68.9 Å². The minimum absolute atomic E-state index is 0.209. The Labute approximate surface area is 173 Å². The van der Waals surface area contributed by atoms with Crippen molar-refractivity contribution in [3.8, 4) is 0 Å². The molecule has 138 valence electrons. The minimum atomic E-state index is -0.350. The summed E-state index contributed by atoms with van der Waals surface area (Å²) in [5, 5.41) is 3.96. The molecule has 3 aromatic rings. The van der Waals surface area contributed by atoms with E-state index in [0.29, 0.717) is 31.6 Å². The first kappa shape index (κ1) is 19.2. The van der Waals surface area contributed by atoms with Gasteiger partial charge in [-0.15, -0.1) is 0 Å². The third kappa shape index (κ3) is 4.79. The molecule has 0 spiro atoms. The van der Waals surface area contributed by atoms with Gasteiger partial charge in [0.15, 0.2) is 11.6 Å². The number of nitrogens with zero attached hydrogens (tertiary/aromatic N) is 2. The number of amides is 1. The highest BCUT2D eigenvalue weighted by atomic mass is 79.9. The van der Waals surface area contributed by atoms with Gasteiger partial charge in [-0.05, 0) is 46.3 Å². The van der Waals surface area contributed by atoms with E-state index in [2.05, 4.69) is 42.1 Å². The highest BCUT2D eigenvalue weighted by Crippen LogP contribution is 2.29. The van der Waals surface area contributed by atoms with Gasteiger partial charge in [-0.3, -0.25) is 15.6 Å². The summed E-state index contributed by atoms with van der Waals surface area (Å²) in [4.78, 5) is 20.4. The van der Waals surface area contributed by atoms with Gasteiger partial charge in [-0.2, -0.15) is 0 Å². The first-order valence-electron chi connectivity index (χ1n) is 7.58. The van der Waals surface area contributed by atoms with E-state index in [1.54, 1.807) is 36.4 Å². The van der Waals surface area contributed by atoms with Gasteiger partial charge in [0.05, 0.1) is 5.56 Å². The van der Waals surface area contributed by atoms with E-state index in [9.17, 15) is 4.79 Å². The average molecular weight is 468 g/mol. The van der Waals surface area contributed by atoms with Crippen LogP contribution < -0.4 is 21.9 Å². The second kappa shape index (κ2) is 8.43. The lowest BCUT2D eigenvalue weighted by atomic mass is 10.2. The van der Waals surface area contributed by atoms with Gasteiger partial charge in [0, 0.05) is 20.2 Å². The Morgan fingerprint density at radius 2 is 1.70 bits per heavy atom. The van der Waals surface area contributed by atoms with Crippen molar-refractivity contribution in [2.24, 2.45) is 0 Å². The van der Waals surface area contributed by atoms with Gasteiger partial charge < -0.3 is 11.1 Å². The molecule has 0 saturated heterocycles. The maximum Gasteiger partial charge on any atom is 0.270 e. The molecule has 7 nitrogen and oxygen atoms in total. The molecule has 0 saturated carbocycles. The molecular weight excluding hydrogens is 455 g/mol. The molecule has 3 rings (SSSR count). The lowest BCUT2D eigenvalue weighted by molar-refractivity contribution is 0.0962. The summed E-state index contributed by atoms with van der Waals surface area (Å²) >= 11 is 15.3. The fraction of sp³-hybridized carbons (Fsp3) is 0. The number of hydrogen-bond donors (Lipinski definition) is 4. The van der Waals surface area contributed by atoms with Crippen LogP contribution in [0.2, 0.25) is 10.0 Å². The molecule has 0 aliphatic heterocycles. The summed E-state index contributed by atoms with van der Waals surface area (Å²) in [5.74, 6) is 0.221. The number of nitrogens with one attached hydrogen (secondary N) is 3. The molecule has 0 bridgehead atoms. The first-order chi connectivity index (χ1) is 12.9. The second-order valence-corrected chi connectivity index (χ2v) is 7.05. The van der Waals surface area contributed by atoms with Crippen molar-refractivity contribution in [2.75, 3.05) is 16.5 Å². The van der Waals surface area contributed by atoms with Crippen molar-refractivity contribution in [1.29, 1.82) is 0 Å². The fourth-order valence-corrected chi connectivity index (χ4v) is 3.18. The standard InChI is InChI=1S/C17H13BrCl2N6O/c18-13-4-2-1-3-12(13)17(27)26-25-16-14(21)15(22-8-23-16)24-11-6-9(19)5-10(20)7-11/h1-8H,21H2,(H,26,27)(H2,22,23,24,25). The third-order valence-electron chi connectivity index (χ3n) is 3.42. The van der Waals surface area contributed by atoms with Crippen LogP contribution in [0.15, 0.2) is 53.3 Å². The number of benzene rings is 2. The summed E-state index contributed by atoms with van der Waals surface area (Å²) < 4.78 is 0.667. The van der Waals surface area contributed by atoms with Crippen molar-refractivity contribution in [1.82, 2.24) is 15.4 Å². The van der Waals surface area contributed by atoms with Crippen molar-refractivity contribution in [2.45, 2.75) is 0 Å². The van der Waals surface area contributed by atoms with Crippen LogP contribution in [0.1, 0.15) is 10.4 Å². The first-order valence-corrected chi connectivity index (χ1v) is 9.13. The number of halogens is 3. The van der Waals surface area contributed by atoms with E-state index in [1.165, 1.54) is 6.33 Å². The van der Waals surface area contributed by atoms with E-state index in [0.717, 1.165) is 0 Å². The Morgan fingerprint density at radius 1 is 1.04 bits per heavy atom. The van der Waals surface area contributed by atoms with Gasteiger partial charge in [0.2, 0.25) is 0 Å². The largest absolute Gasteiger partial charge is 0.393 e. The lowest BCUT2D eigenvalue weighted by Gasteiger charge is -2.14. The fourth-order valence-electron chi connectivity index (χ4n) is 2.19. The number of hydrazine groups is 1. The predicted molar refractivity (Wildman–Crippen MR) is 111 cm³/mol. The maximum atomic E-state index is 12.3. The number of aromatic nitrogens is 2. The van der Waals surface area contributed by atoms with Gasteiger partial charge >= 0.3 is 0 Å². The zero-order valence-corrected chi connectivity index (χ0v) is 16.7. The molecule has 0 fully saturated rings. The SMILES string of the molecule is Nc1c(NNC(=O)c2ccccc2Br)ncnc1Nc1cc(Cl)cc(Cl)c1. The van der Waals surface area contributed by atoms with Crippen LogP contribution in [0.25, 0.3) is 0 Å². The van der Waals surface area contributed by atoms with E-state index < -0.39 is 0 Å². The maximum absolute atomic E-state index is 12.3. The van der Waals surface area contributed by atoms with E-state index >= 15 is 0 Å². The molecular formula is C17H13BrCl2N6O. The number of anilines is 4. The highest BCUT2D eigenvalue weighted by molar-refractivity contribution is 9.10. The van der Waals surface area contributed by atoms with Crippen LogP contribution in [0.5, 0.6) is 0 Å². The van der Waals surface area contributed by atoms with Crippen LogP contribution in [0, 0.1) is 0 Å². The number of rotatable bonds is 5. The number of carbonyl (C=O) groups excluding carboxylic acids is 1. The molecule has 1 aromatic heterocycles. The summed E-state index contributed by atoms with van der Waals surface area (Å²) in [7, 11) is 0. The molecule has 1 heterocycles. The van der Waals surface area contributed by atoms with Gasteiger partial charge in [-0.25, -0.2) is 9.97 Å². The number of hydrogen-bond acceptors (Lipinski definition) is 6. The predicted octanol–water partition coefficient (Wildman–Crippen LogP) is 4.63. The second-order valence-electron chi connectivity index (χ2n) is 5.33. The Bertz CT molecular complexity index is 981.